The Kier molecular flexibility index (Phi) is 2.44. The molecule has 0 saturated heterocycles. The minimum absolute atomic E-state index is 0.858. The Bertz CT molecular complexity index is 262. The monoisotopic (exact) mass is 147 g/mol. The Balaban J connectivity index is 2.72. The zero-order valence-electron chi connectivity index (χ0n) is 5.86. The summed E-state index contributed by atoms with van der Waals surface area (Å²) in [6, 6.07) is 9.19. The van der Waals surface area contributed by atoms with Crippen molar-refractivity contribution in [3.63, 3.8) is 0 Å². The molecule has 56 valence electrons. The van der Waals surface area contributed by atoms with E-state index in [9.17, 15) is 9.90 Å². The fourth-order valence-corrected chi connectivity index (χ4v) is 0.728. The maximum atomic E-state index is 9.97. The predicted octanol–water partition coefficient (Wildman–Crippen LogP) is 0.450. The molecule has 1 aromatic carbocycles. The summed E-state index contributed by atoms with van der Waals surface area (Å²) in [5.41, 5.74) is 0.858. The van der Waals surface area contributed by atoms with Crippen LogP contribution < -0.4 is 5.11 Å². The number of carbonyl (C=O) groups is 1. The van der Waals surface area contributed by atoms with Crippen molar-refractivity contribution < 1.29 is 9.90 Å². The second-order valence-electron chi connectivity index (χ2n) is 2.06. The third-order valence-electron chi connectivity index (χ3n) is 1.21. The molecule has 2 nitrogen and oxygen atoms in total. The minimum Gasteiger partial charge on any atom is -0.545 e. The number of aliphatic carboxylic acids is 1. The van der Waals surface area contributed by atoms with Crippen molar-refractivity contribution in [3.05, 3.63) is 42.0 Å². The molecule has 0 heterocycles. The number of hydrogen-bond donors (Lipinski definition) is 0. The highest BCUT2D eigenvalue weighted by Crippen LogP contribution is 1.99. The number of benzene rings is 1. The zero-order chi connectivity index (χ0) is 8.10. The topological polar surface area (TPSA) is 40.1 Å². The van der Waals surface area contributed by atoms with E-state index < -0.39 is 5.97 Å². The molecule has 0 radical (unpaired) electrons. The molecule has 0 saturated carbocycles. The molecule has 0 fully saturated rings. The smallest absolute Gasteiger partial charge is 0.0643 e. The third kappa shape index (κ3) is 2.67. The van der Waals surface area contributed by atoms with Gasteiger partial charge in [0.1, 0.15) is 0 Å². The standard InChI is InChI=1S/C9H8O2/c10-9(11)7-6-8-4-2-1-3-5-8/h1-7H,(H,10,11)/p-1/b7-6-. The van der Waals surface area contributed by atoms with E-state index in [0.717, 1.165) is 11.6 Å². The fourth-order valence-electron chi connectivity index (χ4n) is 0.728. The molecule has 0 aliphatic heterocycles. The molecule has 0 atom stereocenters. The molecule has 0 aliphatic carbocycles. The van der Waals surface area contributed by atoms with E-state index in [4.69, 9.17) is 0 Å². The molecule has 0 spiro atoms. The van der Waals surface area contributed by atoms with Crippen LogP contribution in [0.25, 0.3) is 6.08 Å². The maximum absolute atomic E-state index is 9.97. The van der Waals surface area contributed by atoms with E-state index in [1.807, 2.05) is 30.3 Å². The summed E-state index contributed by atoms with van der Waals surface area (Å²) in [6.07, 6.45) is 2.50. The van der Waals surface area contributed by atoms with Gasteiger partial charge in [-0.15, -0.1) is 0 Å². The van der Waals surface area contributed by atoms with Gasteiger partial charge in [0.25, 0.3) is 0 Å². The van der Waals surface area contributed by atoms with E-state index in [2.05, 4.69) is 0 Å². The predicted molar refractivity (Wildman–Crippen MR) is 40.5 cm³/mol. The molecule has 0 amide bonds. The molecular weight excluding hydrogens is 140 g/mol. The van der Waals surface area contributed by atoms with Crippen LogP contribution in [0, 0.1) is 0 Å². The van der Waals surface area contributed by atoms with Crippen LogP contribution in [0.4, 0.5) is 0 Å². The average Bonchev–Trinajstić information content (AvgIpc) is 2.03. The first-order chi connectivity index (χ1) is 5.29. The van der Waals surface area contributed by atoms with E-state index >= 15 is 0 Å². The van der Waals surface area contributed by atoms with E-state index in [1.165, 1.54) is 6.08 Å². The number of carbonyl (C=O) groups excluding carboxylic acids is 1. The van der Waals surface area contributed by atoms with Gasteiger partial charge in [-0.1, -0.05) is 36.4 Å². The second kappa shape index (κ2) is 3.56. The van der Waals surface area contributed by atoms with Gasteiger partial charge in [-0.05, 0) is 11.6 Å². The third-order valence-corrected chi connectivity index (χ3v) is 1.21. The molecule has 0 aliphatic rings. The van der Waals surface area contributed by atoms with E-state index in [0.29, 0.717) is 0 Å². The summed E-state index contributed by atoms with van der Waals surface area (Å²) in [5.74, 6) is -1.17. The molecule has 1 rings (SSSR count). The molecule has 0 aromatic heterocycles. The van der Waals surface area contributed by atoms with Crippen LogP contribution in [-0.2, 0) is 4.79 Å². The second-order valence-corrected chi connectivity index (χ2v) is 2.06. The summed E-state index contributed by atoms with van der Waals surface area (Å²) < 4.78 is 0. The molecule has 0 unspecified atom stereocenters. The first-order valence-electron chi connectivity index (χ1n) is 3.23. The fraction of sp³-hybridized carbons (Fsp3) is 0. The SMILES string of the molecule is O=C([O-])/C=C\c1ccccc1. The number of carboxylic acid groups (broad SMARTS) is 1. The molecular formula is C9H7O2-. The number of carboxylic acids is 1. The average molecular weight is 147 g/mol. The van der Waals surface area contributed by atoms with Gasteiger partial charge in [-0.2, -0.15) is 0 Å². The Morgan fingerprint density at radius 2 is 1.91 bits per heavy atom. The first-order valence-corrected chi connectivity index (χ1v) is 3.23. The quantitative estimate of drug-likeness (QED) is 0.570. The first kappa shape index (κ1) is 7.54. The van der Waals surface area contributed by atoms with Crippen LogP contribution >= 0.6 is 0 Å². The van der Waals surface area contributed by atoms with Crippen molar-refractivity contribution >= 4 is 12.0 Å². The van der Waals surface area contributed by atoms with Crippen molar-refractivity contribution in [2.45, 2.75) is 0 Å². The summed E-state index contributed by atoms with van der Waals surface area (Å²) in [5, 5.41) is 9.97. The van der Waals surface area contributed by atoms with E-state index in [1.54, 1.807) is 0 Å². The Hall–Kier alpha value is -1.57. The van der Waals surface area contributed by atoms with E-state index in [-0.39, 0.29) is 0 Å². The van der Waals surface area contributed by atoms with Gasteiger partial charge in [0.15, 0.2) is 0 Å². The van der Waals surface area contributed by atoms with Gasteiger partial charge in [0, 0.05) is 0 Å². The van der Waals surface area contributed by atoms with Crippen LogP contribution in [0.2, 0.25) is 0 Å². The highest BCUT2D eigenvalue weighted by atomic mass is 16.4. The van der Waals surface area contributed by atoms with Crippen LogP contribution in [0.5, 0.6) is 0 Å². The highest BCUT2D eigenvalue weighted by molar-refractivity contribution is 5.83. The van der Waals surface area contributed by atoms with Gasteiger partial charge in [-0.3, -0.25) is 0 Å². The molecule has 11 heavy (non-hydrogen) atoms. The summed E-state index contributed by atoms with van der Waals surface area (Å²) in [6.45, 7) is 0. The minimum atomic E-state index is -1.17. The Labute approximate surface area is 64.8 Å². The molecule has 0 bridgehead atoms. The van der Waals surface area contributed by atoms with Crippen molar-refractivity contribution in [1.82, 2.24) is 0 Å². The zero-order valence-corrected chi connectivity index (χ0v) is 5.86. The van der Waals surface area contributed by atoms with Gasteiger partial charge in [-0.25, -0.2) is 0 Å². The number of hydrogen-bond acceptors (Lipinski definition) is 2. The van der Waals surface area contributed by atoms with Crippen molar-refractivity contribution in [3.8, 4) is 0 Å². The van der Waals surface area contributed by atoms with Gasteiger partial charge in [0.05, 0.1) is 5.97 Å². The van der Waals surface area contributed by atoms with Gasteiger partial charge < -0.3 is 9.90 Å². The van der Waals surface area contributed by atoms with Gasteiger partial charge in [0.2, 0.25) is 0 Å². The molecule has 2 heteroatoms. The van der Waals surface area contributed by atoms with Crippen LogP contribution in [0.3, 0.4) is 0 Å². The Morgan fingerprint density at radius 3 is 2.45 bits per heavy atom. The summed E-state index contributed by atoms with van der Waals surface area (Å²) in [7, 11) is 0. The number of rotatable bonds is 2. The Morgan fingerprint density at radius 1 is 1.27 bits per heavy atom. The van der Waals surface area contributed by atoms with Crippen LogP contribution in [0.15, 0.2) is 36.4 Å². The normalized spacial score (nSPS) is 10.2. The van der Waals surface area contributed by atoms with Crippen molar-refractivity contribution in [1.29, 1.82) is 0 Å². The van der Waals surface area contributed by atoms with Crippen LogP contribution in [-0.4, -0.2) is 5.97 Å². The van der Waals surface area contributed by atoms with Gasteiger partial charge >= 0.3 is 0 Å². The lowest BCUT2D eigenvalue weighted by atomic mass is 10.2. The maximum Gasteiger partial charge on any atom is 0.0643 e. The van der Waals surface area contributed by atoms with Crippen molar-refractivity contribution in [2.24, 2.45) is 0 Å². The van der Waals surface area contributed by atoms with Crippen molar-refractivity contribution in [2.75, 3.05) is 0 Å². The summed E-state index contributed by atoms with van der Waals surface area (Å²) >= 11 is 0. The largest absolute Gasteiger partial charge is 0.545 e. The molecule has 0 N–H and O–H groups in total. The lowest BCUT2D eigenvalue weighted by molar-refractivity contribution is -0.297. The highest BCUT2D eigenvalue weighted by Gasteiger charge is 1.80. The summed E-state index contributed by atoms with van der Waals surface area (Å²) in [4.78, 5) is 9.97. The molecule has 1 aromatic rings. The lowest BCUT2D eigenvalue weighted by Crippen LogP contribution is -2.18. The van der Waals surface area contributed by atoms with Crippen LogP contribution in [0.1, 0.15) is 5.56 Å². The lowest BCUT2D eigenvalue weighted by Gasteiger charge is -1.91.